The highest BCUT2D eigenvalue weighted by molar-refractivity contribution is 5.43. The van der Waals surface area contributed by atoms with Gasteiger partial charge in [0.2, 0.25) is 0 Å². The number of aromatic amines is 1. The highest BCUT2D eigenvalue weighted by atomic mass is 15.2. The summed E-state index contributed by atoms with van der Waals surface area (Å²) in [6, 6.07) is 0. The summed E-state index contributed by atoms with van der Waals surface area (Å²) in [5.74, 6) is 1.24. The molecule has 1 aromatic rings. The number of unbranched alkanes of at least 4 members (excludes halogenated alkanes) is 1. The van der Waals surface area contributed by atoms with E-state index in [9.17, 15) is 0 Å². The third kappa shape index (κ3) is 2.98. The number of anilines is 1. The fourth-order valence-electron chi connectivity index (χ4n) is 1.97. The first-order chi connectivity index (χ1) is 7.20. The van der Waals surface area contributed by atoms with Crippen molar-refractivity contribution in [2.24, 2.45) is 0 Å². The predicted molar refractivity (Wildman–Crippen MR) is 64.9 cm³/mol. The van der Waals surface area contributed by atoms with Gasteiger partial charge in [0.15, 0.2) is 0 Å². The van der Waals surface area contributed by atoms with Crippen LogP contribution in [0, 0.1) is 0 Å². The van der Waals surface area contributed by atoms with E-state index in [1.807, 2.05) is 0 Å². The molecule has 3 N–H and O–H groups in total. The number of hydrogen-bond acceptors (Lipinski definition) is 2. The van der Waals surface area contributed by atoms with Gasteiger partial charge in [-0.1, -0.05) is 40.0 Å². The molecule has 86 valence electrons. The minimum absolute atomic E-state index is 0.552. The van der Waals surface area contributed by atoms with Crippen LogP contribution >= 0.6 is 0 Å². The van der Waals surface area contributed by atoms with Gasteiger partial charge in [-0.15, -0.1) is 0 Å². The molecule has 0 amide bonds. The van der Waals surface area contributed by atoms with E-state index < -0.39 is 0 Å². The van der Waals surface area contributed by atoms with Crippen LogP contribution < -0.4 is 5.73 Å². The second-order valence-corrected chi connectivity index (χ2v) is 4.29. The molecule has 0 aliphatic rings. The van der Waals surface area contributed by atoms with Crippen LogP contribution in [0.4, 0.5) is 5.82 Å². The van der Waals surface area contributed by atoms with E-state index >= 15 is 0 Å². The molecule has 1 unspecified atom stereocenters. The number of rotatable bonds is 6. The van der Waals surface area contributed by atoms with E-state index in [2.05, 4.69) is 31.0 Å². The zero-order valence-corrected chi connectivity index (χ0v) is 10.1. The predicted octanol–water partition coefficient (Wildman–Crippen LogP) is 3.24. The Kier molecular flexibility index (Phi) is 4.66. The molecule has 0 aromatic carbocycles. The first-order valence-corrected chi connectivity index (χ1v) is 6.03. The number of nitrogen functional groups attached to an aromatic ring is 1. The summed E-state index contributed by atoms with van der Waals surface area (Å²) >= 11 is 0. The monoisotopic (exact) mass is 209 g/mol. The van der Waals surface area contributed by atoms with Crippen LogP contribution in [0.25, 0.3) is 0 Å². The van der Waals surface area contributed by atoms with Gasteiger partial charge in [0, 0.05) is 11.3 Å². The Hall–Kier alpha value is -0.990. The van der Waals surface area contributed by atoms with Crippen LogP contribution in [0.5, 0.6) is 0 Å². The Bertz CT molecular complexity index is 291. The molecule has 3 heteroatoms. The molecule has 0 saturated heterocycles. The van der Waals surface area contributed by atoms with E-state index in [1.165, 1.54) is 30.5 Å². The fraction of sp³-hybridized carbons (Fsp3) is 0.750. The molecule has 0 saturated carbocycles. The molecule has 0 radical (unpaired) electrons. The van der Waals surface area contributed by atoms with Gasteiger partial charge in [0.05, 0.1) is 0 Å². The van der Waals surface area contributed by atoms with Gasteiger partial charge < -0.3 is 5.73 Å². The van der Waals surface area contributed by atoms with Gasteiger partial charge in [0.1, 0.15) is 5.82 Å². The molecule has 1 aromatic heterocycles. The Labute approximate surface area is 92.5 Å². The highest BCUT2D eigenvalue weighted by Gasteiger charge is 2.15. The van der Waals surface area contributed by atoms with Crippen molar-refractivity contribution in [3.63, 3.8) is 0 Å². The van der Waals surface area contributed by atoms with Gasteiger partial charge in [-0.3, -0.25) is 5.10 Å². The number of hydrogen-bond donors (Lipinski definition) is 2. The number of nitrogens with one attached hydrogen (secondary N) is 1. The maximum absolute atomic E-state index is 5.85. The lowest BCUT2D eigenvalue weighted by molar-refractivity contribution is 0.604. The first kappa shape index (κ1) is 12.1. The summed E-state index contributed by atoms with van der Waals surface area (Å²) in [4.78, 5) is 0. The smallest absolute Gasteiger partial charge is 0.148 e. The van der Waals surface area contributed by atoms with Crippen molar-refractivity contribution in [1.29, 1.82) is 0 Å². The maximum atomic E-state index is 5.85. The Morgan fingerprint density at radius 3 is 2.67 bits per heavy atom. The summed E-state index contributed by atoms with van der Waals surface area (Å²) in [7, 11) is 0. The molecule has 1 rings (SSSR count). The normalized spacial score (nSPS) is 13.0. The molecular weight excluding hydrogens is 186 g/mol. The minimum atomic E-state index is 0.552. The fourth-order valence-corrected chi connectivity index (χ4v) is 1.97. The number of H-pyrrole nitrogens is 1. The molecule has 0 bridgehead atoms. The number of nitrogens with zero attached hydrogens (tertiary/aromatic N) is 1. The van der Waals surface area contributed by atoms with Gasteiger partial charge in [0.25, 0.3) is 0 Å². The summed E-state index contributed by atoms with van der Waals surface area (Å²) in [6.45, 7) is 6.65. The molecular formula is C12H23N3. The van der Waals surface area contributed by atoms with Crippen LogP contribution in [0.15, 0.2) is 0 Å². The minimum Gasteiger partial charge on any atom is -0.382 e. The topological polar surface area (TPSA) is 54.7 Å². The molecule has 1 atom stereocenters. The highest BCUT2D eigenvalue weighted by Crippen LogP contribution is 2.26. The lowest BCUT2D eigenvalue weighted by atomic mass is 9.96. The Morgan fingerprint density at radius 1 is 1.33 bits per heavy atom. The SMILES string of the molecule is CCCCC(C)c1[nH]nc(N)c1CCC. The van der Waals surface area contributed by atoms with Crippen LogP contribution in [-0.2, 0) is 6.42 Å². The van der Waals surface area contributed by atoms with Crippen LogP contribution in [0.1, 0.15) is 63.6 Å². The van der Waals surface area contributed by atoms with Crippen LogP contribution in [0.3, 0.4) is 0 Å². The lowest BCUT2D eigenvalue weighted by Crippen LogP contribution is -2.00. The standard InChI is InChI=1S/C12H23N3/c1-4-6-8-9(3)11-10(7-5-2)12(13)15-14-11/h9H,4-8H2,1-3H3,(H3,13,14,15). The third-order valence-electron chi connectivity index (χ3n) is 2.91. The number of aromatic nitrogens is 2. The maximum Gasteiger partial charge on any atom is 0.148 e. The molecule has 1 heterocycles. The van der Waals surface area contributed by atoms with Crippen molar-refractivity contribution >= 4 is 5.82 Å². The van der Waals surface area contributed by atoms with Crippen molar-refractivity contribution in [3.05, 3.63) is 11.3 Å². The van der Waals surface area contributed by atoms with Gasteiger partial charge >= 0.3 is 0 Å². The van der Waals surface area contributed by atoms with Crippen molar-refractivity contribution in [1.82, 2.24) is 10.2 Å². The molecule has 15 heavy (non-hydrogen) atoms. The second kappa shape index (κ2) is 5.79. The molecule has 3 nitrogen and oxygen atoms in total. The quantitative estimate of drug-likeness (QED) is 0.755. The van der Waals surface area contributed by atoms with Crippen molar-refractivity contribution in [3.8, 4) is 0 Å². The van der Waals surface area contributed by atoms with Crippen LogP contribution in [0.2, 0.25) is 0 Å². The van der Waals surface area contributed by atoms with Gasteiger partial charge in [-0.05, 0) is 18.8 Å². The lowest BCUT2D eigenvalue weighted by Gasteiger charge is -2.11. The zero-order valence-electron chi connectivity index (χ0n) is 10.1. The van der Waals surface area contributed by atoms with E-state index in [1.54, 1.807) is 0 Å². The van der Waals surface area contributed by atoms with E-state index in [4.69, 9.17) is 5.73 Å². The van der Waals surface area contributed by atoms with E-state index in [0.717, 1.165) is 12.8 Å². The van der Waals surface area contributed by atoms with Crippen molar-refractivity contribution in [2.45, 2.75) is 58.8 Å². The second-order valence-electron chi connectivity index (χ2n) is 4.29. The van der Waals surface area contributed by atoms with Gasteiger partial charge in [-0.2, -0.15) is 5.10 Å². The van der Waals surface area contributed by atoms with Crippen molar-refractivity contribution < 1.29 is 0 Å². The molecule has 0 aliphatic carbocycles. The molecule has 0 fully saturated rings. The summed E-state index contributed by atoms with van der Waals surface area (Å²) < 4.78 is 0. The van der Waals surface area contributed by atoms with E-state index in [0.29, 0.717) is 11.7 Å². The molecule has 0 aliphatic heterocycles. The summed E-state index contributed by atoms with van der Waals surface area (Å²) in [5.41, 5.74) is 8.34. The first-order valence-electron chi connectivity index (χ1n) is 6.03. The largest absolute Gasteiger partial charge is 0.382 e. The van der Waals surface area contributed by atoms with Crippen molar-refractivity contribution in [2.75, 3.05) is 5.73 Å². The average molecular weight is 209 g/mol. The third-order valence-corrected chi connectivity index (χ3v) is 2.91. The van der Waals surface area contributed by atoms with Crippen LogP contribution in [-0.4, -0.2) is 10.2 Å². The Balaban J connectivity index is 2.74. The summed E-state index contributed by atoms with van der Waals surface area (Å²) in [5, 5.41) is 7.21. The average Bonchev–Trinajstić information content (AvgIpc) is 2.58. The van der Waals surface area contributed by atoms with Gasteiger partial charge in [-0.25, -0.2) is 0 Å². The zero-order chi connectivity index (χ0) is 11.3. The molecule has 0 spiro atoms. The Morgan fingerprint density at radius 2 is 2.07 bits per heavy atom. The summed E-state index contributed by atoms with van der Waals surface area (Å²) in [6.07, 6.45) is 5.89. The number of nitrogens with two attached hydrogens (primary N) is 1. The van der Waals surface area contributed by atoms with E-state index in [-0.39, 0.29) is 0 Å².